The number of hydrogen-bond donors (Lipinski definition) is 2. The second-order valence-corrected chi connectivity index (χ2v) is 7.82. The number of nitrogens with one attached hydrogen (secondary N) is 1. The Hall–Kier alpha value is -2.66. The highest BCUT2D eigenvalue weighted by molar-refractivity contribution is 5.35. The van der Waals surface area contributed by atoms with Gasteiger partial charge in [-0.2, -0.15) is 0 Å². The van der Waals surface area contributed by atoms with E-state index in [1.54, 1.807) is 7.11 Å². The Morgan fingerprint density at radius 2 is 1.67 bits per heavy atom. The summed E-state index contributed by atoms with van der Waals surface area (Å²) in [6.45, 7) is 3.79. The van der Waals surface area contributed by atoms with Crippen LogP contribution in [0.25, 0.3) is 0 Å². The van der Waals surface area contributed by atoms with Gasteiger partial charge in [0.15, 0.2) is 0 Å². The molecule has 30 heavy (non-hydrogen) atoms. The van der Waals surface area contributed by atoms with Crippen LogP contribution in [0.3, 0.4) is 0 Å². The van der Waals surface area contributed by atoms with Crippen molar-refractivity contribution in [3.63, 3.8) is 0 Å². The molecule has 0 heterocycles. The predicted octanol–water partition coefficient (Wildman–Crippen LogP) is 3.19. The number of aryl methyl sites for hydroxylation is 1. The van der Waals surface area contributed by atoms with Crippen LogP contribution in [-0.2, 0) is 11.3 Å². The highest BCUT2D eigenvalue weighted by Gasteiger charge is 2.20. The molecule has 0 bridgehead atoms. The summed E-state index contributed by atoms with van der Waals surface area (Å²) in [6.07, 6.45) is -0.744. The van der Waals surface area contributed by atoms with Gasteiger partial charge in [-0.1, -0.05) is 66.7 Å². The van der Waals surface area contributed by atoms with E-state index in [9.17, 15) is 5.11 Å². The number of likely N-dealkylation sites (N-methyl/N-ethyl adjacent to an activating group) is 1. The van der Waals surface area contributed by atoms with E-state index in [1.165, 1.54) is 16.0 Å². The molecule has 0 aliphatic carbocycles. The molecule has 3 atom stereocenters. The standard InChI is InChI=1S/C26H31NO3/c1-20-10-7-8-15-25(20)26(22-12-5-4-6-13-22)30-19-23(28)18-27(2)17-21-11-9-14-24(16-21)29-3/h4-16,23,26,28H,17-19H2,1-3H3/p+1/t23-,26-/m0/s1. The first kappa shape index (κ1) is 22.0. The van der Waals surface area contributed by atoms with Gasteiger partial charge in [-0.25, -0.2) is 0 Å². The Bertz CT molecular complexity index is 913. The minimum Gasteiger partial charge on any atom is -0.497 e. The topological polar surface area (TPSA) is 43.1 Å². The summed E-state index contributed by atoms with van der Waals surface area (Å²) in [5.74, 6) is 0.855. The van der Waals surface area contributed by atoms with Crippen LogP contribution in [0.15, 0.2) is 78.9 Å². The van der Waals surface area contributed by atoms with Crippen molar-refractivity contribution in [3.8, 4) is 5.75 Å². The van der Waals surface area contributed by atoms with E-state index in [4.69, 9.17) is 9.47 Å². The molecule has 0 radical (unpaired) electrons. The third-order valence-corrected chi connectivity index (χ3v) is 5.25. The van der Waals surface area contributed by atoms with Gasteiger partial charge < -0.3 is 19.5 Å². The van der Waals surface area contributed by atoms with Gasteiger partial charge in [-0.15, -0.1) is 0 Å². The van der Waals surface area contributed by atoms with Gasteiger partial charge in [-0.05, 0) is 35.7 Å². The number of rotatable bonds is 10. The maximum absolute atomic E-state index is 10.6. The second kappa shape index (κ2) is 10.9. The molecule has 0 spiro atoms. The molecule has 4 nitrogen and oxygen atoms in total. The number of benzene rings is 3. The minimum atomic E-state index is -0.550. The van der Waals surface area contributed by atoms with Crippen LogP contribution in [-0.4, -0.2) is 38.5 Å². The molecular formula is C26H32NO3+. The Kier molecular flexibility index (Phi) is 8.03. The van der Waals surface area contributed by atoms with Crippen molar-refractivity contribution >= 4 is 0 Å². The highest BCUT2D eigenvalue weighted by atomic mass is 16.5. The Morgan fingerprint density at radius 1 is 0.933 bits per heavy atom. The molecule has 0 amide bonds. The molecule has 0 aromatic heterocycles. The predicted molar refractivity (Wildman–Crippen MR) is 120 cm³/mol. The van der Waals surface area contributed by atoms with Gasteiger partial charge in [0.05, 0.1) is 20.8 Å². The van der Waals surface area contributed by atoms with E-state index in [0.717, 1.165) is 23.4 Å². The molecule has 0 saturated carbocycles. The van der Waals surface area contributed by atoms with Crippen molar-refractivity contribution < 1.29 is 19.5 Å². The summed E-state index contributed by atoms with van der Waals surface area (Å²) < 4.78 is 11.6. The van der Waals surface area contributed by atoms with E-state index < -0.39 is 6.10 Å². The Balaban J connectivity index is 1.61. The zero-order chi connectivity index (χ0) is 21.3. The fraction of sp³-hybridized carbons (Fsp3) is 0.308. The van der Waals surface area contributed by atoms with E-state index in [0.29, 0.717) is 6.54 Å². The summed E-state index contributed by atoms with van der Waals surface area (Å²) in [5.41, 5.74) is 4.59. The zero-order valence-electron chi connectivity index (χ0n) is 18.0. The Morgan fingerprint density at radius 3 is 2.40 bits per heavy atom. The van der Waals surface area contributed by atoms with E-state index in [-0.39, 0.29) is 12.7 Å². The van der Waals surface area contributed by atoms with Gasteiger partial charge in [0.2, 0.25) is 0 Å². The van der Waals surface area contributed by atoms with Crippen LogP contribution in [0.4, 0.5) is 0 Å². The summed E-state index contributed by atoms with van der Waals surface area (Å²) in [5, 5.41) is 10.6. The summed E-state index contributed by atoms with van der Waals surface area (Å²) in [7, 11) is 3.76. The number of ether oxygens (including phenoxy) is 2. The van der Waals surface area contributed by atoms with Crippen LogP contribution in [0, 0.1) is 6.92 Å². The average molecular weight is 407 g/mol. The van der Waals surface area contributed by atoms with Crippen molar-refractivity contribution in [1.29, 1.82) is 0 Å². The number of aliphatic hydroxyl groups excluding tert-OH is 1. The Labute approximate surface area is 179 Å². The van der Waals surface area contributed by atoms with Crippen LogP contribution < -0.4 is 9.64 Å². The van der Waals surface area contributed by atoms with Crippen molar-refractivity contribution in [3.05, 3.63) is 101 Å². The molecule has 0 saturated heterocycles. The third-order valence-electron chi connectivity index (χ3n) is 5.25. The van der Waals surface area contributed by atoms with Gasteiger partial charge in [0.25, 0.3) is 0 Å². The smallest absolute Gasteiger partial charge is 0.126 e. The summed E-state index contributed by atoms with van der Waals surface area (Å²) >= 11 is 0. The molecule has 0 fully saturated rings. The largest absolute Gasteiger partial charge is 0.497 e. The van der Waals surface area contributed by atoms with Crippen LogP contribution in [0.2, 0.25) is 0 Å². The SMILES string of the molecule is COc1cccc(C[NH+](C)C[C@H](O)CO[C@@H](c2ccccc2)c2ccccc2C)c1. The first-order valence-electron chi connectivity index (χ1n) is 10.4. The quantitative estimate of drug-likeness (QED) is 0.544. The molecule has 0 aliphatic rings. The lowest BCUT2D eigenvalue weighted by atomic mass is 9.97. The number of hydrogen-bond acceptors (Lipinski definition) is 3. The highest BCUT2D eigenvalue weighted by Crippen LogP contribution is 2.28. The second-order valence-electron chi connectivity index (χ2n) is 7.82. The lowest BCUT2D eigenvalue weighted by Crippen LogP contribution is -3.08. The summed E-state index contributed by atoms with van der Waals surface area (Å²) in [6, 6.07) is 26.5. The van der Waals surface area contributed by atoms with E-state index in [1.807, 2.05) is 48.5 Å². The molecule has 0 aliphatic heterocycles. The molecule has 3 aromatic rings. The molecule has 3 aromatic carbocycles. The zero-order valence-corrected chi connectivity index (χ0v) is 18.0. The van der Waals surface area contributed by atoms with E-state index >= 15 is 0 Å². The number of aliphatic hydroxyl groups is 1. The van der Waals surface area contributed by atoms with Gasteiger partial charge in [-0.3, -0.25) is 0 Å². The van der Waals surface area contributed by atoms with Gasteiger partial charge >= 0.3 is 0 Å². The number of methoxy groups -OCH3 is 1. The molecular weight excluding hydrogens is 374 g/mol. The molecule has 3 rings (SSSR count). The van der Waals surface area contributed by atoms with Gasteiger partial charge in [0.1, 0.15) is 31.0 Å². The van der Waals surface area contributed by atoms with Crippen LogP contribution in [0.1, 0.15) is 28.4 Å². The average Bonchev–Trinajstić information content (AvgIpc) is 2.76. The van der Waals surface area contributed by atoms with Crippen molar-refractivity contribution in [1.82, 2.24) is 0 Å². The lowest BCUT2D eigenvalue weighted by molar-refractivity contribution is -0.897. The van der Waals surface area contributed by atoms with Crippen molar-refractivity contribution in [2.75, 3.05) is 27.3 Å². The molecule has 158 valence electrons. The third kappa shape index (κ3) is 6.17. The monoisotopic (exact) mass is 406 g/mol. The van der Waals surface area contributed by atoms with E-state index in [2.05, 4.69) is 44.3 Å². The normalized spacial score (nSPS) is 14.1. The fourth-order valence-electron chi connectivity index (χ4n) is 3.75. The van der Waals surface area contributed by atoms with Gasteiger partial charge in [0, 0.05) is 5.56 Å². The van der Waals surface area contributed by atoms with Crippen molar-refractivity contribution in [2.45, 2.75) is 25.7 Å². The molecule has 2 N–H and O–H groups in total. The maximum atomic E-state index is 10.6. The van der Waals surface area contributed by atoms with Crippen molar-refractivity contribution in [2.24, 2.45) is 0 Å². The van der Waals surface area contributed by atoms with Crippen LogP contribution >= 0.6 is 0 Å². The maximum Gasteiger partial charge on any atom is 0.126 e. The molecule has 4 heteroatoms. The lowest BCUT2D eigenvalue weighted by Gasteiger charge is -2.24. The first-order chi connectivity index (χ1) is 14.6. The fourth-order valence-corrected chi connectivity index (χ4v) is 3.75. The number of quaternary nitrogens is 1. The molecule has 1 unspecified atom stereocenters. The van der Waals surface area contributed by atoms with Crippen LogP contribution in [0.5, 0.6) is 5.75 Å². The minimum absolute atomic E-state index is 0.194. The summed E-state index contributed by atoms with van der Waals surface area (Å²) in [4.78, 5) is 1.21. The first-order valence-corrected chi connectivity index (χ1v) is 10.4.